The van der Waals surface area contributed by atoms with E-state index in [1.807, 2.05) is 11.8 Å². The van der Waals surface area contributed by atoms with Crippen molar-refractivity contribution >= 4 is 23.5 Å². The van der Waals surface area contributed by atoms with Crippen molar-refractivity contribution in [1.29, 1.82) is 0 Å². The molecule has 1 aromatic rings. The normalized spacial score (nSPS) is 10.2. The first kappa shape index (κ1) is 15.8. The van der Waals surface area contributed by atoms with Gasteiger partial charge in [0.2, 0.25) is 0 Å². The van der Waals surface area contributed by atoms with E-state index in [0.29, 0.717) is 11.4 Å². The summed E-state index contributed by atoms with van der Waals surface area (Å²) in [5.41, 5.74) is 0.654. The highest BCUT2D eigenvalue weighted by atomic mass is 32.2. The summed E-state index contributed by atoms with van der Waals surface area (Å²) < 4.78 is 0. The summed E-state index contributed by atoms with van der Waals surface area (Å²) in [5, 5.41) is 5.87. The van der Waals surface area contributed by atoms with E-state index in [1.165, 1.54) is 25.0 Å². The first-order valence-corrected chi connectivity index (χ1v) is 8.08. The number of hydrogen-bond acceptors (Lipinski definition) is 4. The predicted octanol–water partition coefficient (Wildman–Crippen LogP) is 2.78. The highest BCUT2D eigenvalue weighted by Crippen LogP contribution is 2.06. The molecule has 5 heteroatoms. The molecule has 1 rings (SSSR count). The quantitative estimate of drug-likeness (QED) is 0.683. The lowest BCUT2D eigenvalue weighted by Gasteiger charge is -2.06. The molecule has 1 heterocycles. The van der Waals surface area contributed by atoms with E-state index in [-0.39, 0.29) is 5.91 Å². The number of pyridine rings is 1. The maximum Gasteiger partial charge on any atom is 0.251 e. The third kappa shape index (κ3) is 6.47. The van der Waals surface area contributed by atoms with Crippen LogP contribution in [-0.2, 0) is 0 Å². The maximum absolute atomic E-state index is 11.9. The number of unbranched alkanes of at least 4 members (excludes halogenated alkanes) is 3. The number of amides is 1. The van der Waals surface area contributed by atoms with Crippen molar-refractivity contribution < 1.29 is 4.79 Å². The Bertz CT molecular complexity index is 385. The van der Waals surface area contributed by atoms with Crippen molar-refractivity contribution in [3.8, 4) is 0 Å². The first-order valence-electron chi connectivity index (χ1n) is 6.69. The minimum atomic E-state index is -0.0250. The van der Waals surface area contributed by atoms with E-state index in [9.17, 15) is 4.79 Å². The van der Waals surface area contributed by atoms with Gasteiger partial charge in [0.15, 0.2) is 0 Å². The van der Waals surface area contributed by atoms with Gasteiger partial charge in [-0.1, -0.05) is 12.8 Å². The van der Waals surface area contributed by atoms with Crippen molar-refractivity contribution in [3.63, 3.8) is 0 Å². The van der Waals surface area contributed by atoms with Crippen molar-refractivity contribution in [2.24, 2.45) is 0 Å². The molecule has 0 atom stereocenters. The van der Waals surface area contributed by atoms with Crippen LogP contribution in [0.25, 0.3) is 0 Å². The van der Waals surface area contributed by atoms with Crippen molar-refractivity contribution in [2.45, 2.75) is 25.7 Å². The van der Waals surface area contributed by atoms with Crippen LogP contribution in [0, 0.1) is 0 Å². The van der Waals surface area contributed by atoms with Gasteiger partial charge in [0.05, 0.1) is 0 Å². The molecule has 2 N–H and O–H groups in total. The van der Waals surface area contributed by atoms with E-state index >= 15 is 0 Å². The highest BCUT2D eigenvalue weighted by molar-refractivity contribution is 7.98. The first-order chi connectivity index (χ1) is 9.27. The Labute approximate surface area is 119 Å². The molecule has 0 saturated carbocycles. The number of nitrogens with zero attached hydrogens (tertiary/aromatic N) is 1. The van der Waals surface area contributed by atoms with Crippen LogP contribution in [0.15, 0.2) is 18.3 Å². The average Bonchev–Trinajstić information content (AvgIpc) is 2.46. The second-order valence-electron chi connectivity index (χ2n) is 4.34. The molecule has 0 bridgehead atoms. The van der Waals surface area contributed by atoms with Gasteiger partial charge >= 0.3 is 0 Å². The zero-order valence-electron chi connectivity index (χ0n) is 11.7. The van der Waals surface area contributed by atoms with E-state index in [4.69, 9.17) is 0 Å². The molecule has 1 aromatic heterocycles. The van der Waals surface area contributed by atoms with Crippen LogP contribution in [-0.4, -0.2) is 36.5 Å². The summed E-state index contributed by atoms with van der Waals surface area (Å²) >= 11 is 1.89. The van der Waals surface area contributed by atoms with Gasteiger partial charge in [-0.15, -0.1) is 0 Å². The summed E-state index contributed by atoms with van der Waals surface area (Å²) in [7, 11) is 1.79. The molecule has 0 radical (unpaired) electrons. The molecular weight excluding hydrogens is 258 g/mol. The lowest BCUT2D eigenvalue weighted by molar-refractivity contribution is 0.0953. The second kappa shape index (κ2) is 9.67. The number of rotatable bonds is 9. The Morgan fingerprint density at radius 2 is 2.11 bits per heavy atom. The molecule has 106 valence electrons. The Hall–Kier alpha value is -1.23. The summed E-state index contributed by atoms with van der Waals surface area (Å²) in [4.78, 5) is 16.0. The van der Waals surface area contributed by atoms with Gasteiger partial charge in [-0.3, -0.25) is 4.79 Å². The maximum atomic E-state index is 11.9. The van der Waals surface area contributed by atoms with Gasteiger partial charge in [-0.2, -0.15) is 11.8 Å². The zero-order chi connectivity index (χ0) is 13.9. The van der Waals surface area contributed by atoms with Crippen molar-refractivity contribution in [1.82, 2.24) is 10.3 Å². The number of thioether (sulfide) groups is 1. The molecule has 0 aromatic carbocycles. The molecule has 0 aliphatic rings. The third-order valence-electron chi connectivity index (χ3n) is 2.84. The van der Waals surface area contributed by atoms with Gasteiger partial charge in [0.1, 0.15) is 5.82 Å². The summed E-state index contributed by atoms with van der Waals surface area (Å²) in [6.45, 7) is 0.745. The summed E-state index contributed by atoms with van der Waals surface area (Å²) in [6.07, 6.45) is 8.52. The lowest BCUT2D eigenvalue weighted by atomic mass is 10.2. The third-order valence-corrected chi connectivity index (χ3v) is 3.54. The van der Waals surface area contributed by atoms with Crippen molar-refractivity contribution in [2.75, 3.05) is 30.9 Å². The molecule has 0 saturated heterocycles. The van der Waals surface area contributed by atoms with Crippen LogP contribution in [0.5, 0.6) is 0 Å². The van der Waals surface area contributed by atoms with Crippen LogP contribution < -0.4 is 10.6 Å². The number of anilines is 1. The fourth-order valence-electron chi connectivity index (χ4n) is 1.74. The van der Waals surface area contributed by atoms with Gasteiger partial charge in [0.25, 0.3) is 5.91 Å². The molecule has 19 heavy (non-hydrogen) atoms. The molecular formula is C14H23N3OS. The van der Waals surface area contributed by atoms with E-state index in [1.54, 1.807) is 25.4 Å². The zero-order valence-corrected chi connectivity index (χ0v) is 12.6. The molecule has 0 fully saturated rings. The highest BCUT2D eigenvalue weighted by Gasteiger charge is 2.05. The topological polar surface area (TPSA) is 54.0 Å². The number of carbonyl (C=O) groups excluding carboxylic acids is 1. The molecule has 0 aliphatic heterocycles. The van der Waals surface area contributed by atoms with Gasteiger partial charge in [0, 0.05) is 25.4 Å². The molecule has 0 aliphatic carbocycles. The Kier molecular flexibility index (Phi) is 8.05. The van der Waals surface area contributed by atoms with Crippen LogP contribution in [0.4, 0.5) is 5.82 Å². The standard InChI is InChI=1S/C14H23N3OS/c1-15-13-11-12(7-9-16-13)14(18)17-8-5-3-4-6-10-19-2/h7,9,11H,3-6,8,10H2,1-2H3,(H,15,16)(H,17,18). The fraction of sp³-hybridized carbons (Fsp3) is 0.571. The number of hydrogen-bond donors (Lipinski definition) is 2. The largest absolute Gasteiger partial charge is 0.373 e. The smallest absolute Gasteiger partial charge is 0.251 e. The Morgan fingerprint density at radius 3 is 2.84 bits per heavy atom. The number of carbonyl (C=O) groups is 1. The van der Waals surface area contributed by atoms with E-state index in [0.717, 1.165) is 13.0 Å². The van der Waals surface area contributed by atoms with Gasteiger partial charge < -0.3 is 10.6 Å². The summed E-state index contributed by atoms with van der Waals surface area (Å²) in [6, 6.07) is 3.49. The van der Waals surface area contributed by atoms with Crippen LogP contribution in [0.2, 0.25) is 0 Å². The molecule has 0 spiro atoms. The predicted molar refractivity (Wildman–Crippen MR) is 83.0 cm³/mol. The minimum Gasteiger partial charge on any atom is -0.373 e. The minimum absolute atomic E-state index is 0.0250. The van der Waals surface area contributed by atoms with Crippen molar-refractivity contribution in [3.05, 3.63) is 23.9 Å². The Morgan fingerprint density at radius 1 is 1.32 bits per heavy atom. The number of aromatic nitrogens is 1. The number of nitrogens with one attached hydrogen (secondary N) is 2. The monoisotopic (exact) mass is 281 g/mol. The lowest BCUT2D eigenvalue weighted by Crippen LogP contribution is -2.24. The Balaban J connectivity index is 2.20. The molecule has 1 amide bonds. The van der Waals surface area contributed by atoms with E-state index < -0.39 is 0 Å². The molecule has 0 unspecified atom stereocenters. The van der Waals surface area contributed by atoms with Crippen LogP contribution in [0.3, 0.4) is 0 Å². The van der Waals surface area contributed by atoms with Crippen LogP contribution >= 0.6 is 11.8 Å². The van der Waals surface area contributed by atoms with Crippen LogP contribution in [0.1, 0.15) is 36.0 Å². The molecule has 4 nitrogen and oxygen atoms in total. The summed E-state index contributed by atoms with van der Waals surface area (Å²) in [5.74, 6) is 1.92. The van der Waals surface area contributed by atoms with E-state index in [2.05, 4.69) is 21.9 Å². The SMILES string of the molecule is CNc1cc(C(=O)NCCCCCCSC)ccn1. The fourth-order valence-corrected chi connectivity index (χ4v) is 2.23. The van der Waals surface area contributed by atoms with Gasteiger partial charge in [-0.05, 0) is 37.0 Å². The second-order valence-corrected chi connectivity index (χ2v) is 5.33. The van der Waals surface area contributed by atoms with Gasteiger partial charge in [-0.25, -0.2) is 4.98 Å². The average molecular weight is 281 g/mol.